The van der Waals surface area contributed by atoms with Crippen LogP contribution in [0.4, 0.5) is 0 Å². The van der Waals surface area contributed by atoms with E-state index in [0.717, 1.165) is 18.5 Å². The van der Waals surface area contributed by atoms with Gasteiger partial charge in [-0.2, -0.15) is 0 Å². The van der Waals surface area contributed by atoms with Crippen molar-refractivity contribution in [1.82, 2.24) is 4.67 Å². The van der Waals surface area contributed by atoms with E-state index in [1.807, 2.05) is 55.9 Å². The van der Waals surface area contributed by atoms with Crippen LogP contribution in [0.3, 0.4) is 0 Å². The van der Waals surface area contributed by atoms with Gasteiger partial charge in [0, 0.05) is 6.54 Å². The molecule has 94 valence electrons. The van der Waals surface area contributed by atoms with E-state index in [0.29, 0.717) is 0 Å². The van der Waals surface area contributed by atoms with E-state index >= 15 is 0 Å². The van der Waals surface area contributed by atoms with Crippen LogP contribution in [-0.2, 0) is 9.09 Å². The minimum Gasteiger partial charge on any atom is -0.314 e. The summed E-state index contributed by atoms with van der Waals surface area (Å²) in [6.07, 6.45) is 1.03. The SMILES string of the molecule is C[C@H]1CCN(C)[P@](=O)([C@@H](C)c2ccccc2)O1. The van der Waals surface area contributed by atoms with Gasteiger partial charge in [0.25, 0.3) is 7.52 Å². The number of rotatable bonds is 2. The van der Waals surface area contributed by atoms with E-state index in [9.17, 15) is 4.57 Å². The first-order chi connectivity index (χ1) is 8.04. The van der Waals surface area contributed by atoms with Crippen molar-refractivity contribution in [3.63, 3.8) is 0 Å². The molecule has 1 heterocycles. The minimum atomic E-state index is -2.74. The highest BCUT2D eigenvalue weighted by molar-refractivity contribution is 7.56. The van der Waals surface area contributed by atoms with Gasteiger partial charge in [-0.25, -0.2) is 4.67 Å². The molecule has 1 aromatic rings. The fourth-order valence-electron chi connectivity index (χ4n) is 2.21. The molecule has 0 aliphatic carbocycles. The predicted octanol–water partition coefficient (Wildman–Crippen LogP) is 3.68. The lowest BCUT2D eigenvalue weighted by molar-refractivity contribution is 0.145. The second-order valence-corrected chi connectivity index (χ2v) is 7.53. The average Bonchev–Trinajstić information content (AvgIpc) is 2.34. The molecule has 0 amide bonds. The van der Waals surface area contributed by atoms with Gasteiger partial charge in [-0.15, -0.1) is 0 Å². The summed E-state index contributed by atoms with van der Waals surface area (Å²) in [5, 5.41) is 0. The first-order valence-corrected chi connectivity index (χ1v) is 7.73. The predicted molar refractivity (Wildman–Crippen MR) is 70.3 cm³/mol. The summed E-state index contributed by atoms with van der Waals surface area (Å²) in [5.41, 5.74) is 1.01. The molecule has 0 N–H and O–H groups in total. The van der Waals surface area contributed by atoms with Crippen LogP contribution >= 0.6 is 7.52 Å². The second kappa shape index (κ2) is 4.93. The number of hydrogen-bond acceptors (Lipinski definition) is 2. The van der Waals surface area contributed by atoms with E-state index in [2.05, 4.69) is 0 Å². The third-order valence-electron chi connectivity index (χ3n) is 3.44. The Hall–Kier alpha value is -0.630. The maximum absolute atomic E-state index is 13.0. The normalized spacial score (nSPS) is 32.3. The highest BCUT2D eigenvalue weighted by atomic mass is 31.2. The topological polar surface area (TPSA) is 29.5 Å². The lowest BCUT2D eigenvalue weighted by Crippen LogP contribution is -2.31. The van der Waals surface area contributed by atoms with E-state index < -0.39 is 7.52 Å². The van der Waals surface area contributed by atoms with Crippen molar-refractivity contribution in [1.29, 1.82) is 0 Å². The van der Waals surface area contributed by atoms with Crippen molar-refractivity contribution in [2.24, 2.45) is 0 Å². The Balaban J connectivity index is 2.28. The Kier molecular flexibility index (Phi) is 3.72. The highest BCUT2D eigenvalue weighted by Crippen LogP contribution is 2.64. The van der Waals surface area contributed by atoms with Crippen LogP contribution in [0.2, 0.25) is 0 Å². The molecule has 3 atom stereocenters. The van der Waals surface area contributed by atoms with Crippen LogP contribution in [0.15, 0.2) is 30.3 Å². The van der Waals surface area contributed by atoms with E-state index in [4.69, 9.17) is 4.52 Å². The lowest BCUT2D eigenvalue weighted by Gasteiger charge is -2.39. The standard InChI is InChI=1S/C13H20NO2P/c1-11-9-10-14(3)17(15,16-11)12(2)13-7-5-4-6-8-13/h4-8,11-12H,9-10H2,1-3H3/t11-,12-,17-/m0/s1. The molecular formula is C13H20NO2P. The molecule has 1 aliphatic heterocycles. The largest absolute Gasteiger partial charge is 0.314 e. The summed E-state index contributed by atoms with van der Waals surface area (Å²) >= 11 is 0. The van der Waals surface area contributed by atoms with Crippen molar-refractivity contribution in [2.45, 2.75) is 32.0 Å². The quantitative estimate of drug-likeness (QED) is 0.753. The molecule has 0 unspecified atom stereocenters. The zero-order valence-electron chi connectivity index (χ0n) is 10.7. The van der Waals surface area contributed by atoms with Crippen molar-refractivity contribution in [3.05, 3.63) is 35.9 Å². The van der Waals surface area contributed by atoms with Crippen LogP contribution in [0.1, 0.15) is 31.5 Å². The number of benzene rings is 1. The Morgan fingerprint density at radius 1 is 1.41 bits per heavy atom. The van der Waals surface area contributed by atoms with Gasteiger partial charge >= 0.3 is 0 Å². The smallest absolute Gasteiger partial charge is 0.279 e. The van der Waals surface area contributed by atoms with E-state index in [1.54, 1.807) is 0 Å². The van der Waals surface area contributed by atoms with Gasteiger partial charge in [0.1, 0.15) is 0 Å². The number of hydrogen-bond donors (Lipinski definition) is 0. The van der Waals surface area contributed by atoms with Crippen molar-refractivity contribution in [2.75, 3.05) is 13.6 Å². The van der Waals surface area contributed by atoms with Crippen LogP contribution in [-0.4, -0.2) is 24.4 Å². The molecule has 1 saturated heterocycles. The summed E-state index contributed by atoms with van der Waals surface area (Å²) in [7, 11) is -0.845. The number of nitrogens with zero attached hydrogens (tertiary/aromatic N) is 1. The molecule has 0 spiro atoms. The fraction of sp³-hybridized carbons (Fsp3) is 0.538. The third kappa shape index (κ3) is 2.47. The molecule has 0 aromatic heterocycles. The lowest BCUT2D eigenvalue weighted by atomic mass is 10.2. The molecule has 1 fully saturated rings. The first-order valence-electron chi connectivity index (χ1n) is 6.08. The average molecular weight is 253 g/mol. The summed E-state index contributed by atoms with van der Waals surface area (Å²) in [4.78, 5) is 0. The van der Waals surface area contributed by atoms with Crippen LogP contribution in [0.25, 0.3) is 0 Å². The fourth-order valence-corrected chi connectivity index (χ4v) is 4.71. The third-order valence-corrected chi connectivity index (χ3v) is 6.53. The maximum atomic E-state index is 13.0. The first kappa shape index (κ1) is 12.8. The summed E-state index contributed by atoms with van der Waals surface area (Å²) in [5.74, 6) is 0. The van der Waals surface area contributed by atoms with Gasteiger partial charge in [0.15, 0.2) is 0 Å². The molecule has 1 aliphatic rings. The van der Waals surface area contributed by atoms with Gasteiger partial charge in [-0.3, -0.25) is 4.57 Å². The monoisotopic (exact) mass is 253 g/mol. The zero-order chi connectivity index (χ0) is 12.5. The van der Waals surface area contributed by atoms with Crippen molar-refractivity contribution >= 4 is 7.52 Å². The summed E-state index contributed by atoms with van der Waals surface area (Å²) in [6, 6.07) is 9.96. The Morgan fingerprint density at radius 2 is 2.06 bits per heavy atom. The van der Waals surface area contributed by atoms with Gasteiger partial charge < -0.3 is 4.52 Å². The van der Waals surface area contributed by atoms with Crippen LogP contribution in [0, 0.1) is 0 Å². The summed E-state index contributed by atoms with van der Waals surface area (Å²) < 4.78 is 20.7. The molecule has 2 rings (SSSR count). The minimum absolute atomic E-state index is 0.0727. The second-order valence-electron chi connectivity index (χ2n) is 4.74. The highest BCUT2D eigenvalue weighted by Gasteiger charge is 2.40. The maximum Gasteiger partial charge on any atom is 0.279 e. The van der Waals surface area contributed by atoms with Crippen LogP contribution in [0.5, 0.6) is 0 Å². The molecule has 4 heteroatoms. The molecule has 0 bridgehead atoms. The molecule has 17 heavy (non-hydrogen) atoms. The Labute approximate surface area is 103 Å². The molecule has 1 aromatic carbocycles. The molecule has 0 saturated carbocycles. The Bertz CT molecular complexity index is 421. The summed E-state index contributed by atoms with van der Waals surface area (Å²) in [6.45, 7) is 4.83. The molecule has 0 radical (unpaired) electrons. The Morgan fingerprint density at radius 3 is 2.71 bits per heavy atom. The van der Waals surface area contributed by atoms with Crippen molar-refractivity contribution in [3.8, 4) is 0 Å². The van der Waals surface area contributed by atoms with Crippen molar-refractivity contribution < 1.29 is 9.09 Å². The van der Waals surface area contributed by atoms with Gasteiger partial charge in [-0.1, -0.05) is 30.3 Å². The zero-order valence-corrected chi connectivity index (χ0v) is 11.6. The van der Waals surface area contributed by atoms with E-state index in [1.165, 1.54) is 0 Å². The molecular weight excluding hydrogens is 233 g/mol. The van der Waals surface area contributed by atoms with E-state index in [-0.39, 0.29) is 11.8 Å². The molecule has 3 nitrogen and oxygen atoms in total. The van der Waals surface area contributed by atoms with Gasteiger partial charge in [-0.05, 0) is 32.9 Å². The van der Waals surface area contributed by atoms with Gasteiger partial charge in [0.2, 0.25) is 0 Å². The van der Waals surface area contributed by atoms with Crippen LogP contribution < -0.4 is 0 Å². The van der Waals surface area contributed by atoms with Gasteiger partial charge in [0.05, 0.1) is 11.8 Å².